The Morgan fingerprint density at radius 3 is 2.57 bits per heavy atom. The Kier molecular flexibility index (Phi) is 4.06. The van der Waals surface area contributed by atoms with E-state index >= 15 is 0 Å². The number of nitrogens with one attached hydrogen (secondary N) is 1. The Morgan fingerprint density at radius 1 is 1.33 bits per heavy atom. The molecule has 1 aromatic heterocycles. The van der Waals surface area contributed by atoms with Crippen LogP contribution in [0.5, 0.6) is 0 Å². The lowest BCUT2D eigenvalue weighted by Crippen LogP contribution is -2.17. The first kappa shape index (κ1) is 15.5. The van der Waals surface area contributed by atoms with Crippen molar-refractivity contribution in [3.8, 4) is 0 Å². The molecule has 0 saturated carbocycles. The molecule has 112 valence electrons. The summed E-state index contributed by atoms with van der Waals surface area (Å²) in [6.07, 6.45) is 1.29. The third-order valence-corrected chi connectivity index (χ3v) is 4.85. The molecule has 0 aliphatic carbocycles. The SMILES string of the molecule is Cc1cc(F)c(N)c(C)c1S(=O)(=O)Nc1ccc(Cl)nc1. The summed E-state index contributed by atoms with van der Waals surface area (Å²) in [5.41, 5.74) is 6.07. The highest BCUT2D eigenvalue weighted by Gasteiger charge is 2.23. The van der Waals surface area contributed by atoms with Crippen molar-refractivity contribution >= 4 is 33.0 Å². The number of hydrogen-bond acceptors (Lipinski definition) is 4. The van der Waals surface area contributed by atoms with Gasteiger partial charge in [0, 0.05) is 0 Å². The van der Waals surface area contributed by atoms with E-state index in [2.05, 4.69) is 9.71 Å². The molecule has 8 heteroatoms. The maximum atomic E-state index is 13.5. The zero-order chi connectivity index (χ0) is 15.8. The molecule has 21 heavy (non-hydrogen) atoms. The first-order valence-corrected chi connectivity index (χ1v) is 7.78. The van der Waals surface area contributed by atoms with Gasteiger partial charge in [0.05, 0.1) is 22.5 Å². The molecule has 0 aliphatic rings. The molecule has 1 heterocycles. The van der Waals surface area contributed by atoms with Crippen LogP contribution in [0.1, 0.15) is 11.1 Å². The first-order chi connectivity index (χ1) is 9.72. The van der Waals surface area contributed by atoms with E-state index in [0.29, 0.717) is 0 Å². The van der Waals surface area contributed by atoms with Crippen molar-refractivity contribution in [3.05, 3.63) is 46.5 Å². The standard InChI is InChI=1S/C13H13ClFN3O2S/c1-7-5-10(15)12(16)8(2)13(7)21(19,20)18-9-3-4-11(14)17-6-9/h3-6,18H,16H2,1-2H3. The van der Waals surface area contributed by atoms with Gasteiger partial charge in [0.15, 0.2) is 0 Å². The molecule has 0 fully saturated rings. The Hall–Kier alpha value is -1.86. The third-order valence-electron chi connectivity index (χ3n) is 2.95. The zero-order valence-electron chi connectivity index (χ0n) is 11.3. The van der Waals surface area contributed by atoms with Gasteiger partial charge in [-0.25, -0.2) is 17.8 Å². The molecular weight excluding hydrogens is 317 g/mol. The molecule has 0 saturated heterocycles. The van der Waals surface area contributed by atoms with Crippen LogP contribution in [0, 0.1) is 19.7 Å². The quantitative estimate of drug-likeness (QED) is 0.669. The smallest absolute Gasteiger partial charge is 0.262 e. The van der Waals surface area contributed by atoms with E-state index in [-0.39, 0.29) is 32.6 Å². The van der Waals surface area contributed by atoms with E-state index in [9.17, 15) is 12.8 Å². The molecule has 0 bridgehead atoms. The minimum atomic E-state index is -3.91. The molecule has 5 nitrogen and oxygen atoms in total. The van der Waals surface area contributed by atoms with Gasteiger partial charge in [0.2, 0.25) is 0 Å². The van der Waals surface area contributed by atoms with Crippen molar-refractivity contribution in [2.24, 2.45) is 0 Å². The normalized spacial score (nSPS) is 11.4. The van der Waals surface area contributed by atoms with Crippen LogP contribution in [0.3, 0.4) is 0 Å². The molecule has 0 radical (unpaired) electrons. The lowest BCUT2D eigenvalue weighted by Gasteiger charge is -2.15. The van der Waals surface area contributed by atoms with E-state index in [1.54, 1.807) is 0 Å². The van der Waals surface area contributed by atoms with Crippen LogP contribution >= 0.6 is 11.6 Å². The van der Waals surface area contributed by atoms with Gasteiger partial charge in [-0.2, -0.15) is 0 Å². The van der Waals surface area contributed by atoms with Crippen LogP contribution in [-0.2, 0) is 10.0 Å². The van der Waals surface area contributed by atoms with Crippen LogP contribution in [0.4, 0.5) is 15.8 Å². The van der Waals surface area contributed by atoms with Crippen molar-refractivity contribution in [2.75, 3.05) is 10.5 Å². The number of pyridine rings is 1. The second-order valence-corrected chi connectivity index (χ2v) is 6.52. The Morgan fingerprint density at radius 2 is 2.00 bits per heavy atom. The number of sulfonamides is 1. The average molecular weight is 330 g/mol. The van der Waals surface area contributed by atoms with Crippen LogP contribution in [0.25, 0.3) is 0 Å². The number of halogens is 2. The number of nitrogen functional groups attached to an aromatic ring is 1. The lowest BCUT2D eigenvalue weighted by molar-refractivity contribution is 0.598. The summed E-state index contributed by atoms with van der Waals surface area (Å²) >= 11 is 5.64. The summed E-state index contributed by atoms with van der Waals surface area (Å²) in [5, 5.41) is 0.247. The predicted octanol–water partition coefficient (Wildman–Crippen LogP) is 2.87. The Balaban J connectivity index is 2.50. The molecule has 2 rings (SSSR count). The van der Waals surface area contributed by atoms with Crippen molar-refractivity contribution in [2.45, 2.75) is 18.7 Å². The summed E-state index contributed by atoms with van der Waals surface area (Å²) in [7, 11) is -3.91. The molecular formula is C13H13ClFN3O2S. The predicted molar refractivity (Wildman–Crippen MR) is 80.3 cm³/mol. The summed E-state index contributed by atoms with van der Waals surface area (Å²) < 4.78 is 40.8. The number of aromatic nitrogens is 1. The van der Waals surface area contributed by atoms with Crippen LogP contribution in [0.2, 0.25) is 5.15 Å². The molecule has 0 atom stereocenters. The minimum absolute atomic E-state index is 0.0450. The van der Waals surface area contributed by atoms with E-state index in [4.69, 9.17) is 17.3 Å². The van der Waals surface area contributed by atoms with Gasteiger partial charge in [0.25, 0.3) is 10.0 Å². The molecule has 1 aromatic carbocycles. The fourth-order valence-electron chi connectivity index (χ4n) is 1.99. The second-order valence-electron chi connectivity index (χ2n) is 4.52. The molecule has 2 aromatic rings. The molecule has 3 N–H and O–H groups in total. The van der Waals surface area contributed by atoms with E-state index in [1.807, 2.05) is 0 Å². The fraction of sp³-hybridized carbons (Fsp3) is 0.154. The van der Waals surface area contributed by atoms with Gasteiger partial charge in [-0.1, -0.05) is 11.6 Å². The topological polar surface area (TPSA) is 85.1 Å². The average Bonchev–Trinajstić information content (AvgIpc) is 2.38. The number of anilines is 2. The van der Waals surface area contributed by atoms with Crippen molar-refractivity contribution in [1.82, 2.24) is 4.98 Å². The van der Waals surface area contributed by atoms with Gasteiger partial charge >= 0.3 is 0 Å². The van der Waals surface area contributed by atoms with E-state index in [0.717, 1.165) is 6.07 Å². The summed E-state index contributed by atoms with van der Waals surface area (Å²) in [6.45, 7) is 2.96. The highest BCUT2D eigenvalue weighted by Crippen LogP contribution is 2.29. The molecule has 0 spiro atoms. The van der Waals surface area contributed by atoms with Crippen LogP contribution < -0.4 is 10.5 Å². The summed E-state index contributed by atoms with van der Waals surface area (Å²) in [6, 6.07) is 4.03. The monoisotopic (exact) mass is 329 g/mol. The van der Waals surface area contributed by atoms with E-state index in [1.165, 1.54) is 32.2 Å². The largest absolute Gasteiger partial charge is 0.396 e. The van der Waals surface area contributed by atoms with Crippen molar-refractivity contribution in [3.63, 3.8) is 0 Å². The van der Waals surface area contributed by atoms with Crippen LogP contribution in [0.15, 0.2) is 29.3 Å². The zero-order valence-corrected chi connectivity index (χ0v) is 12.9. The molecule has 0 amide bonds. The van der Waals surface area contributed by atoms with Gasteiger partial charge in [0.1, 0.15) is 11.0 Å². The number of nitrogens with two attached hydrogens (primary N) is 1. The second kappa shape index (κ2) is 5.50. The summed E-state index contributed by atoms with van der Waals surface area (Å²) in [5.74, 6) is -0.642. The van der Waals surface area contributed by atoms with Crippen LogP contribution in [-0.4, -0.2) is 13.4 Å². The van der Waals surface area contributed by atoms with E-state index < -0.39 is 15.8 Å². The highest BCUT2D eigenvalue weighted by atomic mass is 35.5. The molecule has 0 unspecified atom stereocenters. The maximum absolute atomic E-state index is 13.5. The Bertz CT molecular complexity index is 792. The lowest BCUT2D eigenvalue weighted by atomic mass is 10.1. The number of rotatable bonds is 3. The van der Waals surface area contributed by atoms with Crippen molar-refractivity contribution < 1.29 is 12.8 Å². The van der Waals surface area contributed by atoms with Crippen molar-refractivity contribution in [1.29, 1.82) is 0 Å². The minimum Gasteiger partial charge on any atom is -0.396 e. The highest BCUT2D eigenvalue weighted by molar-refractivity contribution is 7.92. The number of aryl methyl sites for hydroxylation is 1. The summed E-state index contributed by atoms with van der Waals surface area (Å²) in [4.78, 5) is 3.74. The number of benzene rings is 1. The third kappa shape index (κ3) is 3.08. The van der Waals surface area contributed by atoms with Gasteiger partial charge in [-0.3, -0.25) is 4.72 Å². The van der Waals surface area contributed by atoms with Gasteiger partial charge < -0.3 is 5.73 Å². The maximum Gasteiger partial charge on any atom is 0.262 e. The van der Waals surface area contributed by atoms with Gasteiger partial charge in [-0.05, 0) is 43.2 Å². The van der Waals surface area contributed by atoms with Gasteiger partial charge in [-0.15, -0.1) is 0 Å². The number of hydrogen-bond donors (Lipinski definition) is 2. The molecule has 0 aliphatic heterocycles. The first-order valence-electron chi connectivity index (χ1n) is 5.92. The number of nitrogens with zero attached hydrogens (tertiary/aromatic N) is 1. The Labute approximate surface area is 127 Å². The fourth-order valence-corrected chi connectivity index (χ4v) is 3.63.